The van der Waals surface area contributed by atoms with E-state index in [1.54, 1.807) is 6.92 Å². The number of aryl methyl sites for hydroxylation is 1. The first-order chi connectivity index (χ1) is 12.2. The summed E-state index contributed by atoms with van der Waals surface area (Å²) in [6, 6.07) is 2.53. The number of aromatic amines is 2. The number of H-pyrrole nitrogens is 2. The Morgan fingerprint density at radius 2 is 2.08 bits per heavy atom. The van der Waals surface area contributed by atoms with E-state index >= 15 is 0 Å². The van der Waals surface area contributed by atoms with E-state index in [1.165, 1.54) is 12.1 Å². The summed E-state index contributed by atoms with van der Waals surface area (Å²) in [6.07, 6.45) is 1.67. The van der Waals surface area contributed by atoms with Crippen LogP contribution in [0.15, 0.2) is 21.8 Å². The van der Waals surface area contributed by atoms with Crippen LogP contribution in [0.3, 0.4) is 0 Å². The number of halogens is 1. The van der Waals surface area contributed by atoms with Crippen LogP contribution in [0, 0.1) is 6.92 Å². The smallest absolute Gasteiger partial charge is 0.275 e. The zero-order chi connectivity index (χ0) is 19.1. The Bertz CT molecular complexity index is 1020. The third kappa shape index (κ3) is 3.42. The Morgan fingerprint density at radius 3 is 2.58 bits per heavy atom. The van der Waals surface area contributed by atoms with E-state index < -0.39 is 21.2 Å². The number of hydrogen-bond donors (Lipinski definition) is 2. The minimum atomic E-state index is -3.64. The van der Waals surface area contributed by atoms with Gasteiger partial charge in [0, 0.05) is 30.5 Å². The van der Waals surface area contributed by atoms with Crippen LogP contribution >= 0.6 is 11.6 Å². The summed E-state index contributed by atoms with van der Waals surface area (Å²) >= 11 is 6.31. The van der Waals surface area contributed by atoms with Crippen LogP contribution in [0.5, 0.6) is 5.75 Å². The monoisotopic (exact) mass is 400 g/mol. The summed E-state index contributed by atoms with van der Waals surface area (Å²) in [7, 11) is -3.64. The first kappa shape index (κ1) is 18.7. The average molecular weight is 401 g/mol. The first-order valence-electron chi connectivity index (χ1n) is 7.79. The molecule has 1 aliphatic rings. The quantitative estimate of drug-likeness (QED) is 0.709. The van der Waals surface area contributed by atoms with Gasteiger partial charge in [-0.25, -0.2) is 8.42 Å². The molecule has 3 rings (SSSR count). The zero-order valence-corrected chi connectivity index (χ0v) is 15.7. The van der Waals surface area contributed by atoms with Crippen molar-refractivity contribution in [3.05, 3.63) is 44.3 Å². The molecule has 1 aromatic carbocycles. The van der Waals surface area contributed by atoms with Gasteiger partial charge in [0.2, 0.25) is 5.78 Å². The predicted octanol–water partition coefficient (Wildman–Crippen LogP) is 1.47. The lowest BCUT2D eigenvalue weighted by Crippen LogP contribution is -2.32. The van der Waals surface area contributed by atoms with Gasteiger partial charge in [0.1, 0.15) is 17.1 Å². The lowest BCUT2D eigenvalue weighted by molar-refractivity contribution is -0.0724. The molecule has 1 unspecified atom stereocenters. The average Bonchev–Trinajstić information content (AvgIpc) is 2.84. The summed E-state index contributed by atoms with van der Waals surface area (Å²) < 4.78 is 34.9. The molecule has 1 fully saturated rings. The van der Waals surface area contributed by atoms with Crippen molar-refractivity contribution in [2.45, 2.75) is 24.3 Å². The summed E-state index contributed by atoms with van der Waals surface area (Å²) in [5.74, 6) is -0.736. The van der Waals surface area contributed by atoms with Gasteiger partial charge < -0.3 is 14.6 Å². The molecule has 1 atom stereocenters. The molecule has 2 aromatic rings. The van der Waals surface area contributed by atoms with Crippen molar-refractivity contribution in [2.24, 2.45) is 0 Å². The number of carbonyl (C=O) groups is 1. The highest BCUT2D eigenvalue weighted by molar-refractivity contribution is 7.90. The maximum absolute atomic E-state index is 12.7. The molecule has 0 saturated carbocycles. The fourth-order valence-corrected chi connectivity index (χ4v) is 3.76. The van der Waals surface area contributed by atoms with E-state index in [1.807, 2.05) is 0 Å². The van der Waals surface area contributed by atoms with Crippen molar-refractivity contribution in [1.82, 2.24) is 10.2 Å². The SMILES string of the molecule is Cc1[nH][nH]c(=O)c1C(=O)c1ccc(S(C)(=O)=O)c(OCC2CCO2)c1Cl. The van der Waals surface area contributed by atoms with Gasteiger partial charge in [-0.3, -0.25) is 14.7 Å². The molecule has 1 aliphatic heterocycles. The molecule has 1 saturated heterocycles. The van der Waals surface area contributed by atoms with Crippen LogP contribution in [0.4, 0.5) is 0 Å². The zero-order valence-electron chi connectivity index (χ0n) is 14.1. The van der Waals surface area contributed by atoms with Crippen molar-refractivity contribution in [2.75, 3.05) is 19.5 Å². The number of benzene rings is 1. The number of ketones is 1. The maximum atomic E-state index is 12.7. The van der Waals surface area contributed by atoms with E-state index in [-0.39, 0.29) is 39.5 Å². The second-order valence-electron chi connectivity index (χ2n) is 6.03. The van der Waals surface area contributed by atoms with Crippen molar-refractivity contribution in [3.8, 4) is 5.75 Å². The van der Waals surface area contributed by atoms with Crippen LogP contribution in [0.1, 0.15) is 28.0 Å². The van der Waals surface area contributed by atoms with Crippen LogP contribution in [0.2, 0.25) is 5.02 Å². The van der Waals surface area contributed by atoms with E-state index in [9.17, 15) is 18.0 Å². The number of carbonyl (C=O) groups excluding carboxylic acids is 1. The van der Waals surface area contributed by atoms with Gasteiger partial charge in [0.25, 0.3) is 5.56 Å². The summed E-state index contributed by atoms with van der Waals surface area (Å²) in [5, 5.41) is 4.74. The Balaban J connectivity index is 2.06. The molecule has 0 radical (unpaired) electrons. The molecule has 0 amide bonds. The topological polar surface area (TPSA) is 118 Å². The van der Waals surface area contributed by atoms with Crippen molar-refractivity contribution in [3.63, 3.8) is 0 Å². The molecule has 2 N–H and O–H groups in total. The van der Waals surface area contributed by atoms with E-state index in [0.717, 1.165) is 12.7 Å². The summed E-state index contributed by atoms with van der Waals surface area (Å²) in [4.78, 5) is 24.5. The third-order valence-electron chi connectivity index (χ3n) is 4.10. The molecule has 0 aliphatic carbocycles. The minimum absolute atomic E-state index is 0.0169. The van der Waals surface area contributed by atoms with E-state index in [2.05, 4.69) is 10.2 Å². The van der Waals surface area contributed by atoms with E-state index in [0.29, 0.717) is 12.3 Å². The largest absolute Gasteiger partial charge is 0.488 e. The number of aromatic nitrogens is 2. The molecule has 26 heavy (non-hydrogen) atoms. The van der Waals surface area contributed by atoms with Crippen LogP contribution in [-0.4, -0.2) is 50.0 Å². The molecule has 8 nitrogen and oxygen atoms in total. The molecule has 1 aromatic heterocycles. The van der Waals surface area contributed by atoms with Crippen molar-refractivity contribution < 1.29 is 22.7 Å². The van der Waals surface area contributed by atoms with Crippen molar-refractivity contribution in [1.29, 1.82) is 0 Å². The normalized spacial score (nSPS) is 17.0. The Kier molecular flexibility index (Phi) is 4.96. The predicted molar refractivity (Wildman–Crippen MR) is 94.0 cm³/mol. The van der Waals surface area contributed by atoms with E-state index in [4.69, 9.17) is 21.1 Å². The second-order valence-corrected chi connectivity index (χ2v) is 8.39. The fraction of sp³-hybridized carbons (Fsp3) is 0.375. The molecule has 0 bridgehead atoms. The van der Waals surface area contributed by atoms with Gasteiger partial charge in [-0.1, -0.05) is 11.6 Å². The molecule has 140 valence electrons. The van der Waals surface area contributed by atoms with Gasteiger partial charge >= 0.3 is 0 Å². The van der Waals surface area contributed by atoms with Gasteiger partial charge in [-0.05, 0) is 19.1 Å². The van der Waals surface area contributed by atoms with Gasteiger partial charge in [0.15, 0.2) is 15.6 Å². The lowest BCUT2D eigenvalue weighted by atomic mass is 10.0. The number of hydrogen-bond acceptors (Lipinski definition) is 6. The Hall–Kier alpha value is -2.10. The molecule has 0 spiro atoms. The summed E-state index contributed by atoms with van der Waals surface area (Å²) in [5.41, 5.74) is -0.334. The number of nitrogens with one attached hydrogen (secondary N) is 2. The highest BCUT2D eigenvalue weighted by Gasteiger charge is 2.27. The fourth-order valence-electron chi connectivity index (χ4n) is 2.59. The molecular weight excluding hydrogens is 384 g/mol. The molecule has 10 heteroatoms. The minimum Gasteiger partial charge on any atom is -0.488 e. The second kappa shape index (κ2) is 6.90. The van der Waals surface area contributed by atoms with Gasteiger partial charge in [-0.2, -0.15) is 0 Å². The highest BCUT2D eigenvalue weighted by Crippen LogP contribution is 2.36. The van der Waals surface area contributed by atoms with Crippen LogP contribution in [-0.2, 0) is 14.6 Å². The van der Waals surface area contributed by atoms with Gasteiger partial charge in [-0.15, -0.1) is 0 Å². The highest BCUT2D eigenvalue weighted by atomic mass is 35.5. The molecule has 2 heterocycles. The molecular formula is C16H17ClN2O6S. The Morgan fingerprint density at radius 1 is 1.38 bits per heavy atom. The van der Waals surface area contributed by atoms with Crippen LogP contribution < -0.4 is 10.3 Å². The van der Waals surface area contributed by atoms with Crippen LogP contribution in [0.25, 0.3) is 0 Å². The van der Waals surface area contributed by atoms with Gasteiger partial charge in [0.05, 0.1) is 11.1 Å². The number of ether oxygens (including phenoxy) is 2. The number of rotatable bonds is 6. The standard InChI is InChI=1S/C16H17ClN2O6S/c1-8-12(16(21)19-18-8)14(20)10-3-4-11(26(2,22)23)15(13(10)17)25-7-9-5-6-24-9/h3-4,9H,5-7H2,1-2H3,(H2,18,19,21). The lowest BCUT2D eigenvalue weighted by Gasteiger charge is -2.27. The first-order valence-corrected chi connectivity index (χ1v) is 10.1. The third-order valence-corrected chi connectivity index (χ3v) is 5.60. The Labute approximate surface area is 154 Å². The summed E-state index contributed by atoms with van der Waals surface area (Å²) in [6.45, 7) is 2.30. The maximum Gasteiger partial charge on any atom is 0.275 e. The van der Waals surface area contributed by atoms with Crippen molar-refractivity contribution >= 4 is 27.2 Å². The number of sulfone groups is 1.